The summed E-state index contributed by atoms with van der Waals surface area (Å²) >= 11 is 1.35. The van der Waals surface area contributed by atoms with E-state index in [-0.39, 0.29) is 12.4 Å². The molecule has 0 aliphatic heterocycles. The molecule has 0 saturated heterocycles. The van der Waals surface area contributed by atoms with Gasteiger partial charge >= 0.3 is 5.97 Å². The first-order chi connectivity index (χ1) is 12.3. The zero-order chi connectivity index (χ0) is 18.9. The molecule has 3 rings (SSSR count). The van der Waals surface area contributed by atoms with Gasteiger partial charge in [-0.2, -0.15) is 5.10 Å². The standard InChI is InChI=1S/C20H22N2O3S/c1-13-15-10-16(19(24)25-12-17(23)20(2,3)4)26-18(15)22(21-13)11-14-8-6-5-7-9-14/h5-10H,11-12H2,1-4H3. The summed E-state index contributed by atoms with van der Waals surface area (Å²) in [7, 11) is 0. The Kier molecular flexibility index (Phi) is 4.96. The maximum absolute atomic E-state index is 12.3. The minimum Gasteiger partial charge on any atom is -0.453 e. The van der Waals surface area contributed by atoms with E-state index in [1.807, 2.05) is 62.7 Å². The van der Waals surface area contributed by atoms with Gasteiger partial charge in [0.05, 0.1) is 12.2 Å². The molecule has 0 N–H and O–H groups in total. The van der Waals surface area contributed by atoms with E-state index in [0.29, 0.717) is 11.4 Å². The molecule has 1 aromatic carbocycles. The van der Waals surface area contributed by atoms with Gasteiger partial charge in [0.15, 0.2) is 12.4 Å². The van der Waals surface area contributed by atoms with E-state index < -0.39 is 11.4 Å². The summed E-state index contributed by atoms with van der Waals surface area (Å²) in [6.07, 6.45) is 0. The Morgan fingerprint density at radius 1 is 1.19 bits per heavy atom. The van der Waals surface area contributed by atoms with Gasteiger partial charge < -0.3 is 4.74 Å². The van der Waals surface area contributed by atoms with Crippen LogP contribution in [0.3, 0.4) is 0 Å². The van der Waals surface area contributed by atoms with Crippen LogP contribution in [0, 0.1) is 12.3 Å². The van der Waals surface area contributed by atoms with Crippen molar-refractivity contribution in [3.05, 3.63) is 52.5 Å². The fourth-order valence-electron chi connectivity index (χ4n) is 2.50. The first-order valence-electron chi connectivity index (χ1n) is 8.47. The van der Waals surface area contributed by atoms with Gasteiger partial charge in [0, 0.05) is 10.8 Å². The second-order valence-electron chi connectivity index (χ2n) is 7.31. The van der Waals surface area contributed by atoms with Crippen LogP contribution < -0.4 is 0 Å². The topological polar surface area (TPSA) is 61.2 Å². The van der Waals surface area contributed by atoms with E-state index in [2.05, 4.69) is 5.10 Å². The lowest BCUT2D eigenvalue weighted by Gasteiger charge is -2.15. The summed E-state index contributed by atoms with van der Waals surface area (Å²) in [5.74, 6) is -0.562. The highest BCUT2D eigenvalue weighted by Gasteiger charge is 2.24. The van der Waals surface area contributed by atoms with Crippen LogP contribution in [0.1, 0.15) is 41.7 Å². The molecule has 136 valence electrons. The number of thiophene rings is 1. The maximum Gasteiger partial charge on any atom is 0.348 e. The third-order valence-electron chi connectivity index (χ3n) is 4.15. The van der Waals surface area contributed by atoms with E-state index in [1.165, 1.54) is 11.3 Å². The number of esters is 1. The number of rotatable bonds is 5. The number of carbonyl (C=O) groups excluding carboxylic acids is 2. The number of ketones is 1. The number of carbonyl (C=O) groups is 2. The van der Waals surface area contributed by atoms with Crippen molar-refractivity contribution in [1.29, 1.82) is 0 Å². The van der Waals surface area contributed by atoms with E-state index >= 15 is 0 Å². The quantitative estimate of drug-likeness (QED) is 0.631. The smallest absolute Gasteiger partial charge is 0.348 e. The molecule has 3 aromatic rings. The van der Waals surface area contributed by atoms with Crippen molar-refractivity contribution in [2.24, 2.45) is 5.41 Å². The Hall–Kier alpha value is -2.47. The third kappa shape index (κ3) is 3.85. The average Bonchev–Trinajstić information content (AvgIpc) is 3.14. The first-order valence-corrected chi connectivity index (χ1v) is 9.28. The fraction of sp³-hybridized carbons (Fsp3) is 0.350. The number of aromatic nitrogens is 2. The predicted octanol–water partition coefficient (Wildman–Crippen LogP) is 4.23. The van der Waals surface area contributed by atoms with Gasteiger partial charge in [-0.05, 0) is 18.6 Å². The summed E-state index contributed by atoms with van der Waals surface area (Å²) in [5.41, 5.74) is 1.50. The molecule has 0 aliphatic carbocycles. The monoisotopic (exact) mass is 370 g/mol. The van der Waals surface area contributed by atoms with Crippen molar-refractivity contribution in [3.63, 3.8) is 0 Å². The molecule has 2 aromatic heterocycles. The normalized spacial score (nSPS) is 11.7. The fourth-order valence-corrected chi connectivity index (χ4v) is 3.55. The Bertz CT molecular complexity index is 949. The minimum atomic E-state index is -0.521. The van der Waals surface area contributed by atoms with Crippen molar-refractivity contribution in [3.8, 4) is 0 Å². The molecule has 0 atom stereocenters. The van der Waals surface area contributed by atoms with Crippen LogP contribution in [-0.2, 0) is 16.1 Å². The van der Waals surface area contributed by atoms with E-state index in [0.717, 1.165) is 21.5 Å². The van der Waals surface area contributed by atoms with Gasteiger partial charge in [-0.3, -0.25) is 9.48 Å². The van der Waals surface area contributed by atoms with Crippen LogP contribution in [0.4, 0.5) is 0 Å². The van der Waals surface area contributed by atoms with Crippen molar-refractivity contribution in [2.75, 3.05) is 6.61 Å². The lowest BCUT2D eigenvalue weighted by Crippen LogP contribution is -2.26. The maximum atomic E-state index is 12.3. The number of ether oxygens (including phenoxy) is 1. The van der Waals surface area contributed by atoms with Gasteiger partial charge in [-0.15, -0.1) is 11.3 Å². The zero-order valence-corrected chi connectivity index (χ0v) is 16.2. The number of aryl methyl sites for hydroxylation is 1. The molecule has 0 fully saturated rings. The molecule has 2 heterocycles. The number of benzene rings is 1. The van der Waals surface area contributed by atoms with Crippen molar-refractivity contribution >= 4 is 33.3 Å². The summed E-state index contributed by atoms with van der Waals surface area (Å²) in [4.78, 5) is 25.7. The molecule has 5 nitrogen and oxygen atoms in total. The first kappa shape index (κ1) is 18.3. The number of hydrogen-bond donors (Lipinski definition) is 0. The molecule has 0 amide bonds. The molecule has 26 heavy (non-hydrogen) atoms. The van der Waals surface area contributed by atoms with Gasteiger partial charge in [0.25, 0.3) is 0 Å². The predicted molar refractivity (Wildman–Crippen MR) is 103 cm³/mol. The lowest BCUT2D eigenvalue weighted by atomic mass is 9.91. The van der Waals surface area contributed by atoms with Crippen LogP contribution in [-0.4, -0.2) is 28.1 Å². The SMILES string of the molecule is Cc1nn(Cc2ccccc2)c2sc(C(=O)OCC(=O)C(C)(C)C)cc12. The highest BCUT2D eigenvalue weighted by Crippen LogP contribution is 2.29. The molecule has 6 heteroatoms. The van der Waals surface area contributed by atoms with Gasteiger partial charge in [-0.1, -0.05) is 51.1 Å². The largest absolute Gasteiger partial charge is 0.453 e. The van der Waals surface area contributed by atoms with E-state index in [4.69, 9.17) is 4.74 Å². The molecule has 0 radical (unpaired) electrons. The average molecular weight is 370 g/mol. The summed E-state index contributed by atoms with van der Waals surface area (Å²) < 4.78 is 7.11. The summed E-state index contributed by atoms with van der Waals surface area (Å²) in [5, 5.41) is 5.52. The second-order valence-corrected chi connectivity index (χ2v) is 8.34. The van der Waals surface area contributed by atoms with E-state index in [1.54, 1.807) is 6.07 Å². The Labute approximate surface area is 156 Å². The zero-order valence-electron chi connectivity index (χ0n) is 15.4. The van der Waals surface area contributed by atoms with Crippen molar-refractivity contribution in [1.82, 2.24) is 9.78 Å². The Morgan fingerprint density at radius 2 is 1.88 bits per heavy atom. The third-order valence-corrected chi connectivity index (χ3v) is 5.28. The molecule has 0 saturated carbocycles. The van der Waals surface area contributed by atoms with Crippen LogP contribution >= 0.6 is 11.3 Å². The molecule has 0 unspecified atom stereocenters. The van der Waals surface area contributed by atoms with Gasteiger partial charge in [0.2, 0.25) is 0 Å². The molecule has 0 aliphatic rings. The van der Waals surface area contributed by atoms with Crippen LogP contribution in [0.5, 0.6) is 0 Å². The molecular weight excluding hydrogens is 348 g/mol. The van der Waals surface area contributed by atoms with Gasteiger partial charge in [-0.25, -0.2) is 4.79 Å². The van der Waals surface area contributed by atoms with Crippen molar-refractivity contribution in [2.45, 2.75) is 34.2 Å². The van der Waals surface area contributed by atoms with Crippen LogP contribution in [0.15, 0.2) is 36.4 Å². The summed E-state index contributed by atoms with van der Waals surface area (Å²) in [6.45, 7) is 7.79. The minimum absolute atomic E-state index is 0.0987. The molecular formula is C20H22N2O3S. The van der Waals surface area contributed by atoms with E-state index in [9.17, 15) is 9.59 Å². The highest BCUT2D eigenvalue weighted by molar-refractivity contribution is 7.20. The Morgan fingerprint density at radius 3 is 2.54 bits per heavy atom. The number of hydrogen-bond acceptors (Lipinski definition) is 5. The second kappa shape index (κ2) is 7.03. The van der Waals surface area contributed by atoms with Crippen molar-refractivity contribution < 1.29 is 14.3 Å². The van der Waals surface area contributed by atoms with Crippen LogP contribution in [0.25, 0.3) is 10.2 Å². The lowest BCUT2D eigenvalue weighted by molar-refractivity contribution is -0.129. The van der Waals surface area contributed by atoms with Gasteiger partial charge in [0.1, 0.15) is 9.71 Å². The highest BCUT2D eigenvalue weighted by atomic mass is 32.1. The number of Topliss-reactive ketones (excluding diaryl/α,β-unsaturated/α-hetero) is 1. The Balaban J connectivity index is 1.80. The molecule has 0 spiro atoms. The van der Waals surface area contributed by atoms with Crippen LogP contribution in [0.2, 0.25) is 0 Å². The number of fused-ring (bicyclic) bond motifs is 1. The summed E-state index contributed by atoms with van der Waals surface area (Å²) in [6, 6.07) is 11.9. The molecule has 0 bridgehead atoms. The number of nitrogens with zero attached hydrogens (tertiary/aromatic N) is 2.